The molecule has 1 aliphatic rings. The second-order valence-corrected chi connectivity index (χ2v) is 9.06. The van der Waals surface area contributed by atoms with Crippen molar-refractivity contribution in [3.63, 3.8) is 0 Å². The van der Waals surface area contributed by atoms with Gasteiger partial charge in [-0.2, -0.15) is 0 Å². The maximum absolute atomic E-state index is 12.2. The highest BCUT2D eigenvalue weighted by atomic mass is 33.1. The number of rotatable bonds is 8. The van der Waals surface area contributed by atoms with Crippen LogP contribution in [0.3, 0.4) is 0 Å². The first-order chi connectivity index (χ1) is 15.2. The van der Waals surface area contributed by atoms with E-state index in [2.05, 4.69) is 25.2 Å². The number of hydrogen-bond donors (Lipinski definition) is 1. The number of nitrogens with zero attached hydrogens (tertiary/aromatic N) is 6. The Morgan fingerprint density at radius 3 is 2.94 bits per heavy atom. The molecule has 0 bridgehead atoms. The minimum absolute atomic E-state index is 0.145. The molecule has 10 nitrogen and oxygen atoms in total. The van der Waals surface area contributed by atoms with Gasteiger partial charge in [0.15, 0.2) is 11.2 Å². The van der Waals surface area contributed by atoms with Crippen molar-refractivity contribution in [1.82, 2.24) is 19.5 Å². The van der Waals surface area contributed by atoms with E-state index in [9.17, 15) is 9.90 Å². The van der Waals surface area contributed by atoms with Gasteiger partial charge in [-0.05, 0) is 18.4 Å². The van der Waals surface area contributed by atoms with Crippen molar-refractivity contribution >= 4 is 44.5 Å². The molecule has 1 aliphatic heterocycles. The second kappa shape index (κ2) is 10.3. The summed E-state index contributed by atoms with van der Waals surface area (Å²) in [5.74, 6) is 0.222. The van der Waals surface area contributed by atoms with E-state index in [-0.39, 0.29) is 18.5 Å². The molecule has 1 amide bonds. The Balaban J connectivity index is 1.54. The molecule has 162 valence electrons. The molecule has 0 spiro atoms. The molecule has 3 atom stereocenters. The van der Waals surface area contributed by atoms with Crippen LogP contribution in [0.4, 0.5) is 5.82 Å². The van der Waals surface area contributed by atoms with Gasteiger partial charge >= 0.3 is 0 Å². The fraction of sp³-hybridized carbons (Fsp3) is 0.368. The lowest BCUT2D eigenvalue weighted by Gasteiger charge is -2.15. The predicted octanol–water partition coefficient (Wildman–Crippen LogP) is 3.38. The molecule has 0 saturated carbocycles. The van der Waals surface area contributed by atoms with Crippen LogP contribution >= 0.6 is 21.6 Å². The van der Waals surface area contributed by atoms with Crippen molar-refractivity contribution in [1.29, 1.82) is 0 Å². The van der Waals surface area contributed by atoms with Crippen molar-refractivity contribution in [2.75, 3.05) is 18.8 Å². The number of benzene rings is 1. The van der Waals surface area contributed by atoms with Crippen molar-refractivity contribution in [2.45, 2.75) is 24.9 Å². The van der Waals surface area contributed by atoms with Crippen LogP contribution in [0.15, 0.2) is 53.2 Å². The highest BCUT2D eigenvalue weighted by molar-refractivity contribution is 8.76. The van der Waals surface area contributed by atoms with Gasteiger partial charge in [-0.1, -0.05) is 39.8 Å². The average molecular weight is 461 g/mol. The largest absolute Gasteiger partial charge is 0.394 e. The summed E-state index contributed by atoms with van der Waals surface area (Å²) < 4.78 is 13.6. The molecule has 1 fully saturated rings. The Morgan fingerprint density at radius 1 is 1.32 bits per heavy atom. The molecule has 1 saturated heterocycles. The van der Waals surface area contributed by atoms with E-state index in [1.807, 2.05) is 12.3 Å². The molecule has 2 aromatic heterocycles. The van der Waals surface area contributed by atoms with E-state index in [1.54, 1.807) is 56.7 Å². The summed E-state index contributed by atoms with van der Waals surface area (Å²) in [5.41, 5.74) is 1.33. The predicted molar refractivity (Wildman–Crippen MR) is 117 cm³/mol. The lowest BCUT2D eigenvalue weighted by Crippen LogP contribution is -2.27. The first-order valence-electron chi connectivity index (χ1n) is 9.43. The normalized spacial score (nSPS) is 21.3. The standard InChI is InChI=1S/C19H20N6O4S2/c1-30-31-11-28-13-7-15(29-14(13)8-26)25-10-22-16-17(20-9-21-18(16)25)23-24-19(27)12-5-3-2-4-6-12/h2-6,9-10,13-15,26H,7-8,11H2,1H3/t13?,14-,15-/m1/s1. The van der Waals surface area contributed by atoms with Crippen LogP contribution in [0.2, 0.25) is 0 Å². The highest BCUT2D eigenvalue weighted by Gasteiger charge is 2.37. The van der Waals surface area contributed by atoms with Gasteiger partial charge < -0.3 is 14.6 Å². The molecular weight excluding hydrogens is 440 g/mol. The maximum Gasteiger partial charge on any atom is 0.295 e. The van der Waals surface area contributed by atoms with E-state index < -0.39 is 18.2 Å². The van der Waals surface area contributed by atoms with Crippen LogP contribution in [-0.4, -0.2) is 61.5 Å². The summed E-state index contributed by atoms with van der Waals surface area (Å²) in [4.78, 5) is 24.9. The Bertz CT molecular complexity index is 1060. The molecule has 3 heterocycles. The van der Waals surface area contributed by atoms with Crippen molar-refractivity contribution in [3.8, 4) is 0 Å². The molecule has 0 radical (unpaired) electrons. The van der Waals surface area contributed by atoms with E-state index >= 15 is 0 Å². The summed E-state index contributed by atoms with van der Waals surface area (Å²) in [6, 6.07) is 8.66. The number of aromatic nitrogens is 4. The molecule has 1 aromatic carbocycles. The van der Waals surface area contributed by atoms with E-state index in [1.165, 1.54) is 6.33 Å². The Morgan fingerprint density at radius 2 is 2.16 bits per heavy atom. The van der Waals surface area contributed by atoms with Crippen LogP contribution in [0, 0.1) is 0 Å². The first kappa shape index (κ1) is 21.8. The van der Waals surface area contributed by atoms with Crippen molar-refractivity contribution < 1.29 is 19.4 Å². The Hall–Kier alpha value is -2.38. The zero-order valence-electron chi connectivity index (χ0n) is 16.6. The minimum atomic E-state index is -0.472. The molecule has 1 N–H and O–H groups in total. The van der Waals surface area contributed by atoms with Crippen molar-refractivity contribution in [3.05, 3.63) is 48.5 Å². The number of hydrogen-bond acceptors (Lipinski definition) is 10. The molecule has 4 rings (SSSR count). The summed E-state index contributed by atoms with van der Waals surface area (Å²) in [7, 11) is 3.20. The summed E-state index contributed by atoms with van der Waals surface area (Å²) in [6.45, 7) is -0.145. The van der Waals surface area contributed by atoms with Gasteiger partial charge in [0.05, 0.1) is 19.0 Å². The number of azo groups is 1. The van der Waals surface area contributed by atoms with Gasteiger partial charge in [-0.3, -0.25) is 9.36 Å². The lowest BCUT2D eigenvalue weighted by atomic mass is 10.2. The molecule has 12 heteroatoms. The fourth-order valence-corrected chi connectivity index (χ4v) is 4.01. The number of aliphatic hydroxyl groups is 1. The SMILES string of the molecule is CSSCOC1C[C@H](n2cnc3c(N=NC(=O)c4ccccc4)ncnc32)O[C@@H]1CO. The van der Waals surface area contributed by atoms with E-state index in [0.717, 1.165) is 0 Å². The fourth-order valence-electron chi connectivity index (χ4n) is 3.23. The van der Waals surface area contributed by atoms with Gasteiger partial charge in [-0.25, -0.2) is 15.0 Å². The topological polar surface area (TPSA) is 124 Å². The number of aliphatic hydroxyl groups excluding tert-OH is 1. The summed E-state index contributed by atoms with van der Waals surface area (Å²) in [6.07, 6.45) is 4.35. The van der Waals surface area contributed by atoms with E-state index in [0.29, 0.717) is 29.1 Å². The molecular formula is C19H20N6O4S2. The van der Waals surface area contributed by atoms with Crippen molar-refractivity contribution in [2.24, 2.45) is 10.2 Å². The summed E-state index contributed by atoms with van der Waals surface area (Å²) >= 11 is 0. The zero-order valence-corrected chi connectivity index (χ0v) is 18.2. The lowest BCUT2D eigenvalue weighted by molar-refractivity contribution is -0.0532. The molecule has 0 aliphatic carbocycles. The number of carbonyl (C=O) groups is 1. The smallest absolute Gasteiger partial charge is 0.295 e. The minimum Gasteiger partial charge on any atom is -0.394 e. The average Bonchev–Trinajstić information content (AvgIpc) is 3.42. The van der Waals surface area contributed by atoms with E-state index in [4.69, 9.17) is 9.47 Å². The van der Waals surface area contributed by atoms with Gasteiger partial charge in [0.1, 0.15) is 24.6 Å². The maximum atomic E-state index is 12.2. The Kier molecular flexibility index (Phi) is 7.25. The summed E-state index contributed by atoms with van der Waals surface area (Å²) in [5, 5.41) is 17.4. The van der Waals surface area contributed by atoms with Gasteiger partial charge in [-0.15, -0.1) is 10.2 Å². The van der Waals surface area contributed by atoms with Gasteiger partial charge in [0, 0.05) is 12.0 Å². The molecule has 31 heavy (non-hydrogen) atoms. The number of imidazole rings is 1. The first-order valence-corrected chi connectivity index (χ1v) is 12.2. The van der Waals surface area contributed by atoms with Crippen LogP contribution < -0.4 is 0 Å². The number of ether oxygens (including phenoxy) is 2. The third-order valence-electron chi connectivity index (χ3n) is 4.71. The third-order valence-corrected chi connectivity index (χ3v) is 6.18. The van der Waals surface area contributed by atoms with Gasteiger partial charge in [0.2, 0.25) is 5.82 Å². The third kappa shape index (κ3) is 4.93. The zero-order chi connectivity index (χ0) is 21.6. The Labute approximate surface area is 185 Å². The quantitative estimate of drug-likeness (QED) is 0.233. The van der Waals surface area contributed by atoms with Crippen LogP contribution in [0.1, 0.15) is 23.0 Å². The van der Waals surface area contributed by atoms with Crippen LogP contribution in [-0.2, 0) is 9.47 Å². The van der Waals surface area contributed by atoms with Crippen LogP contribution in [0.25, 0.3) is 11.2 Å². The monoisotopic (exact) mass is 460 g/mol. The highest BCUT2D eigenvalue weighted by Crippen LogP contribution is 2.34. The molecule has 1 unspecified atom stereocenters. The number of carbonyl (C=O) groups excluding carboxylic acids is 1. The number of fused-ring (bicyclic) bond motifs is 1. The number of amides is 1. The second-order valence-electron chi connectivity index (χ2n) is 6.55. The van der Waals surface area contributed by atoms with Gasteiger partial charge in [0.25, 0.3) is 5.91 Å². The van der Waals surface area contributed by atoms with Crippen LogP contribution in [0.5, 0.6) is 0 Å². The molecule has 3 aromatic rings.